The second kappa shape index (κ2) is 6.25. The smallest absolute Gasteiger partial charge is 0.325 e. The monoisotopic (exact) mass is 265 g/mol. The van der Waals surface area contributed by atoms with Crippen molar-refractivity contribution in [2.75, 3.05) is 25.1 Å². The van der Waals surface area contributed by atoms with Gasteiger partial charge in [-0.1, -0.05) is 17.7 Å². The van der Waals surface area contributed by atoms with E-state index in [9.17, 15) is 4.79 Å². The molecular weight excluding hydrogens is 246 g/mol. The van der Waals surface area contributed by atoms with Crippen LogP contribution < -0.4 is 4.74 Å². The lowest BCUT2D eigenvalue weighted by molar-refractivity contribution is -0.135. The van der Waals surface area contributed by atoms with Crippen LogP contribution in [0, 0.1) is 6.92 Å². The zero-order valence-corrected chi connectivity index (χ0v) is 11.7. The van der Waals surface area contributed by atoms with Crippen molar-refractivity contribution in [1.29, 1.82) is 0 Å². The van der Waals surface area contributed by atoms with Gasteiger partial charge >= 0.3 is 5.97 Å². The third-order valence-electron chi connectivity index (χ3n) is 3.16. The maximum absolute atomic E-state index is 11.8. The van der Waals surface area contributed by atoms with E-state index >= 15 is 0 Å². The lowest BCUT2D eigenvalue weighted by Gasteiger charge is -2.22. The molecule has 1 atom stereocenters. The summed E-state index contributed by atoms with van der Waals surface area (Å²) in [5.74, 6) is 2.76. The molecule has 0 spiro atoms. The lowest BCUT2D eigenvalue weighted by Crippen LogP contribution is -2.37. The SMILES string of the molecule is Cc1ccc(OC(=O)CN(C)[C@@H]2CCSC2)cc1. The van der Waals surface area contributed by atoms with Crippen molar-refractivity contribution in [3.63, 3.8) is 0 Å². The Morgan fingerprint density at radius 2 is 2.17 bits per heavy atom. The van der Waals surface area contributed by atoms with Crippen LogP contribution in [-0.2, 0) is 4.79 Å². The first-order valence-corrected chi connectivity index (χ1v) is 7.36. The maximum atomic E-state index is 11.8. The number of hydrogen-bond acceptors (Lipinski definition) is 4. The van der Waals surface area contributed by atoms with Gasteiger partial charge in [0.1, 0.15) is 5.75 Å². The van der Waals surface area contributed by atoms with Crippen molar-refractivity contribution in [3.05, 3.63) is 29.8 Å². The molecular formula is C14H19NO2S. The van der Waals surface area contributed by atoms with Crippen LogP contribution in [0.3, 0.4) is 0 Å². The number of rotatable bonds is 4. The summed E-state index contributed by atoms with van der Waals surface area (Å²) in [4.78, 5) is 13.9. The van der Waals surface area contributed by atoms with Crippen LogP contribution >= 0.6 is 11.8 Å². The second-order valence-electron chi connectivity index (χ2n) is 4.72. The Kier molecular flexibility index (Phi) is 4.66. The van der Waals surface area contributed by atoms with Gasteiger partial charge in [0.25, 0.3) is 0 Å². The first kappa shape index (κ1) is 13.4. The Hall–Kier alpha value is -1.00. The summed E-state index contributed by atoms with van der Waals surface area (Å²) in [5, 5.41) is 0. The van der Waals surface area contributed by atoms with Crippen LogP contribution in [0.15, 0.2) is 24.3 Å². The number of aryl methyl sites for hydroxylation is 1. The minimum atomic E-state index is -0.182. The number of nitrogens with zero attached hydrogens (tertiary/aromatic N) is 1. The molecule has 1 heterocycles. The molecule has 0 aliphatic carbocycles. The Labute approximate surface area is 113 Å². The van der Waals surface area contributed by atoms with Gasteiger partial charge in [-0.15, -0.1) is 0 Å². The lowest BCUT2D eigenvalue weighted by atomic mass is 10.2. The Balaban J connectivity index is 1.82. The number of esters is 1. The number of hydrogen-bond donors (Lipinski definition) is 0. The van der Waals surface area contributed by atoms with Crippen LogP contribution in [0.4, 0.5) is 0 Å². The van der Waals surface area contributed by atoms with Crippen LogP contribution in [0.1, 0.15) is 12.0 Å². The summed E-state index contributed by atoms with van der Waals surface area (Å²) in [6.07, 6.45) is 1.17. The molecule has 0 radical (unpaired) electrons. The molecule has 1 aromatic carbocycles. The van der Waals surface area contributed by atoms with Crippen molar-refractivity contribution in [1.82, 2.24) is 4.90 Å². The molecule has 0 unspecified atom stereocenters. The molecule has 4 heteroatoms. The molecule has 1 fully saturated rings. The Bertz CT molecular complexity index is 399. The van der Waals surface area contributed by atoms with Gasteiger partial charge in [0.2, 0.25) is 0 Å². The molecule has 18 heavy (non-hydrogen) atoms. The van der Waals surface area contributed by atoms with Crippen molar-refractivity contribution >= 4 is 17.7 Å². The van der Waals surface area contributed by atoms with Gasteiger partial charge in [-0.3, -0.25) is 9.69 Å². The summed E-state index contributed by atoms with van der Waals surface area (Å²) >= 11 is 1.95. The zero-order valence-electron chi connectivity index (χ0n) is 10.9. The largest absolute Gasteiger partial charge is 0.426 e. The maximum Gasteiger partial charge on any atom is 0.325 e. The van der Waals surface area contributed by atoms with Gasteiger partial charge in [0.05, 0.1) is 6.54 Å². The average molecular weight is 265 g/mol. The number of ether oxygens (including phenoxy) is 1. The summed E-state index contributed by atoms with van der Waals surface area (Å²) < 4.78 is 5.31. The predicted molar refractivity (Wildman–Crippen MR) is 75.2 cm³/mol. The molecule has 0 bridgehead atoms. The van der Waals surface area contributed by atoms with Crippen molar-refractivity contribution in [3.8, 4) is 5.75 Å². The molecule has 0 aromatic heterocycles. The molecule has 0 amide bonds. The molecule has 1 aliphatic heterocycles. The fraction of sp³-hybridized carbons (Fsp3) is 0.500. The highest BCUT2D eigenvalue weighted by Gasteiger charge is 2.22. The number of carbonyl (C=O) groups excluding carboxylic acids is 1. The number of carbonyl (C=O) groups is 1. The molecule has 3 nitrogen and oxygen atoms in total. The minimum absolute atomic E-state index is 0.182. The van der Waals surface area contributed by atoms with Gasteiger partial charge in [-0.05, 0) is 38.3 Å². The fourth-order valence-corrected chi connectivity index (χ4v) is 3.27. The summed E-state index contributed by atoms with van der Waals surface area (Å²) in [6, 6.07) is 8.07. The third kappa shape index (κ3) is 3.75. The highest BCUT2D eigenvalue weighted by Crippen LogP contribution is 2.21. The van der Waals surface area contributed by atoms with Crippen LogP contribution in [0.5, 0.6) is 5.75 Å². The molecule has 1 aliphatic rings. The molecule has 0 saturated carbocycles. The normalized spacial score (nSPS) is 19.2. The predicted octanol–water partition coefficient (Wildman–Crippen LogP) is 2.34. The minimum Gasteiger partial charge on any atom is -0.426 e. The van der Waals surface area contributed by atoms with Crippen LogP contribution in [0.2, 0.25) is 0 Å². The van der Waals surface area contributed by atoms with E-state index in [2.05, 4.69) is 4.90 Å². The van der Waals surface area contributed by atoms with E-state index in [1.807, 2.05) is 50.0 Å². The van der Waals surface area contributed by atoms with Crippen molar-refractivity contribution < 1.29 is 9.53 Å². The number of thioether (sulfide) groups is 1. The average Bonchev–Trinajstić information content (AvgIpc) is 2.85. The Morgan fingerprint density at radius 1 is 1.44 bits per heavy atom. The molecule has 1 aromatic rings. The summed E-state index contributed by atoms with van der Waals surface area (Å²) in [7, 11) is 1.99. The molecule has 1 saturated heterocycles. The van der Waals surface area contributed by atoms with Crippen molar-refractivity contribution in [2.24, 2.45) is 0 Å². The topological polar surface area (TPSA) is 29.5 Å². The van der Waals surface area contributed by atoms with E-state index in [0.717, 1.165) is 11.3 Å². The van der Waals surface area contributed by atoms with Gasteiger partial charge in [0.15, 0.2) is 0 Å². The number of likely N-dealkylation sites (N-methyl/N-ethyl adjacent to an activating group) is 1. The van der Waals surface area contributed by atoms with Gasteiger partial charge in [-0.25, -0.2) is 0 Å². The van der Waals surface area contributed by atoms with Crippen molar-refractivity contribution in [2.45, 2.75) is 19.4 Å². The highest BCUT2D eigenvalue weighted by molar-refractivity contribution is 7.99. The van der Waals surface area contributed by atoms with E-state index in [1.54, 1.807) is 0 Å². The summed E-state index contributed by atoms with van der Waals surface area (Å²) in [6.45, 7) is 2.37. The van der Waals surface area contributed by atoms with E-state index in [-0.39, 0.29) is 5.97 Å². The first-order chi connectivity index (χ1) is 8.65. The molecule has 0 N–H and O–H groups in total. The van der Waals surface area contributed by atoms with E-state index < -0.39 is 0 Å². The van der Waals surface area contributed by atoms with E-state index in [0.29, 0.717) is 18.3 Å². The van der Waals surface area contributed by atoms with Gasteiger partial charge in [0, 0.05) is 11.8 Å². The molecule has 98 valence electrons. The van der Waals surface area contributed by atoms with E-state index in [1.165, 1.54) is 12.2 Å². The van der Waals surface area contributed by atoms with Crippen LogP contribution in [0.25, 0.3) is 0 Å². The Morgan fingerprint density at radius 3 is 2.78 bits per heavy atom. The van der Waals surface area contributed by atoms with Crippen LogP contribution in [-0.4, -0.2) is 42.0 Å². The third-order valence-corrected chi connectivity index (χ3v) is 4.31. The standard InChI is InChI=1S/C14H19NO2S/c1-11-3-5-13(6-4-11)17-14(16)9-15(2)12-7-8-18-10-12/h3-6,12H,7-10H2,1-2H3/t12-/m1/s1. The molecule has 2 rings (SSSR count). The summed E-state index contributed by atoms with van der Waals surface area (Å²) in [5.41, 5.74) is 1.16. The number of benzene rings is 1. The fourth-order valence-electron chi connectivity index (χ4n) is 1.97. The van der Waals surface area contributed by atoms with Gasteiger partial charge < -0.3 is 4.74 Å². The zero-order chi connectivity index (χ0) is 13.0. The second-order valence-corrected chi connectivity index (χ2v) is 5.87. The quantitative estimate of drug-likeness (QED) is 0.617. The van der Waals surface area contributed by atoms with Gasteiger partial charge in [-0.2, -0.15) is 11.8 Å². The first-order valence-electron chi connectivity index (χ1n) is 6.20. The highest BCUT2D eigenvalue weighted by atomic mass is 32.2. The van der Waals surface area contributed by atoms with E-state index in [4.69, 9.17) is 4.74 Å².